The Morgan fingerprint density at radius 2 is 1.80 bits per heavy atom. The normalized spacial score (nSPS) is 23.0. The Bertz CT molecular complexity index is 878. The van der Waals surface area contributed by atoms with Gasteiger partial charge in [0.25, 0.3) is 5.91 Å². The Kier molecular flexibility index (Phi) is 7.52. The Balaban J connectivity index is 1.64. The van der Waals surface area contributed by atoms with Crippen LogP contribution in [0.25, 0.3) is 0 Å². The number of ether oxygens (including phenoxy) is 1. The molecule has 0 aromatic heterocycles. The first-order valence-corrected chi connectivity index (χ1v) is 12.3. The maximum atomic E-state index is 12.9. The van der Waals surface area contributed by atoms with Crippen molar-refractivity contribution in [3.63, 3.8) is 0 Å². The molecule has 0 spiro atoms. The first kappa shape index (κ1) is 22.7. The van der Waals surface area contributed by atoms with Crippen LogP contribution in [0, 0.1) is 12.8 Å². The fourth-order valence-electron chi connectivity index (χ4n) is 4.22. The zero-order chi connectivity index (χ0) is 21.7. The van der Waals surface area contributed by atoms with Gasteiger partial charge in [-0.15, -0.1) is 0 Å². The van der Waals surface area contributed by atoms with Crippen LogP contribution in [0.1, 0.15) is 67.8 Å². The third-order valence-electron chi connectivity index (χ3n) is 6.17. The van der Waals surface area contributed by atoms with Gasteiger partial charge in [0.15, 0.2) is 6.61 Å². The van der Waals surface area contributed by atoms with Crippen LogP contribution in [0.5, 0.6) is 0 Å². The van der Waals surface area contributed by atoms with Gasteiger partial charge in [-0.1, -0.05) is 32.3 Å². The summed E-state index contributed by atoms with van der Waals surface area (Å²) in [6, 6.07) is 4.61. The second-order valence-electron chi connectivity index (χ2n) is 8.45. The number of hydrogen-bond acceptors (Lipinski definition) is 5. The zero-order valence-electron chi connectivity index (χ0n) is 17.9. The number of esters is 1. The Hall–Kier alpha value is -1.93. The van der Waals surface area contributed by atoms with E-state index in [0.29, 0.717) is 24.6 Å². The quantitative estimate of drug-likeness (QED) is 0.692. The minimum absolute atomic E-state index is 0.0856. The molecular formula is C22H32N2O5S. The summed E-state index contributed by atoms with van der Waals surface area (Å²) in [4.78, 5) is 24.9. The average Bonchev–Trinajstić information content (AvgIpc) is 2.74. The minimum atomic E-state index is -3.65. The molecule has 1 aromatic rings. The van der Waals surface area contributed by atoms with Gasteiger partial charge < -0.3 is 10.1 Å². The number of sulfonamides is 1. The summed E-state index contributed by atoms with van der Waals surface area (Å²) < 4.78 is 32.5. The van der Waals surface area contributed by atoms with Crippen molar-refractivity contribution < 1.29 is 22.7 Å². The summed E-state index contributed by atoms with van der Waals surface area (Å²) in [7, 11) is -3.65. The number of carbonyl (C=O) groups is 2. The van der Waals surface area contributed by atoms with Gasteiger partial charge in [-0.3, -0.25) is 4.79 Å². The molecule has 1 N–H and O–H groups in total. The van der Waals surface area contributed by atoms with E-state index in [-0.39, 0.29) is 29.0 Å². The molecule has 30 heavy (non-hydrogen) atoms. The molecule has 8 heteroatoms. The summed E-state index contributed by atoms with van der Waals surface area (Å²) in [6.45, 7) is 4.46. The van der Waals surface area contributed by atoms with Crippen molar-refractivity contribution in [3.05, 3.63) is 29.3 Å². The van der Waals surface area contributed by atoms with Crippen LogP contribution in [0.2, 0.25) is 0 Å². The molecule has 7 nitrogen and oxygen atoms in total. The van der Waals surface area contributed by atoms with Crippen molar-refractivity contribution >= 4 is 21.9 Å². The summed E-state index contributed by atoms with van der Waals surface area (Å²) in [5, 5.41) is 2.95. The highest BCUT2D eigenvalue weighted by Crippen LogP contribution is 2.24. The molecule has 2 atom stereocenters. The molecule has 1 aliphatic carbocycles. The minimum Gasteiger partial charge on any atom is -0.452 e. The number of nitrogens with one attached hydrogen (secondary N) is 1. The molecule has 1 aliphatic heterocycles. The summed E-state index contributed by atoms with van der Waals surface area (Å²) in [6.07, 6.45) is 7.01. The highest BCUT2D eigenvalue weighted by molar-refractivity contribution is 7.89. The van der Waals surface area contributed by atoms with Crippen LogP contribution in [0.3, 0.4) is 0 Å². The predicted octanol–water partition coefficient (Wildman–Crippen LogP) is 3.02. The van der Waals surface area contributed by atoms with E-state index >= 15 is 0 Å². The smallest absolute Gasteiger partial charge is 0.338 e. The molecule has 3 rings (SSSR count). The second-order valence-corrected chi connectivity index (χ2v) is 10.4. The lowest BCUT2D eigenvalue weighted by molar-refractivity contribution is -0.125. The summed E-state index contributed by atoms with van der Waals surface area (Å²) >= 11 is 0. The Labute approximate surface area is 179 Å². The van der Waals surface area contributed by atoms with Crippen LogP contribution in [0.15, 0.2) is 23.1 Å². The lowest BCUT2D eigenvalue weighted by Crippen LogP contribution is -2.42. The lowest BCUT2D eigenvalue weighted by Gasteiger charge is -2.29. The van der Waals surface area contributed by atoms with Crippen LogP contribution in [0.4, 0.5) is 0 Å². The number of benzene rings is 1. The number of piperidine rings is 1. The second kappa shape index (κ2) is 9.92. The molecule has 0 radical (unpaired) electrons. The zero-order valence-corrected chi connectivity index (χ0v) is 18.7. The molecule has 1 saturated carbocycles. The third-order valence-corrected chi connectivity index (χ3v) is 8.07. The van der Waals surface area contributed by atoms with E-state index in [9.17, 15) is 18.0 Å². The summed E-state index contributed by atoms with van der Waals surface area (Å²) in [5.41, 5.74) is 0.783. The van der Waals surface area contributed by atoms with Crippen molar-refractivity contribution in [1.82, 2.24) is 9.62 Å². The number of rotatable bonds is 6. The monoisotopic (exact) mass is 436 g/mol. The van der Waals surface area contributed by atoms with E-state index in [1.54, 1.807) is 13.0 Å². The van der Waals surface area contributed by atoms with Crippen LogP contribution in [-0.4, -0.2) is 50.3 Å². The molecule has 1 saturated heterocycles. The van der Waals surface area contributed by atoms with Crippen molar-refractivity contribution in [1.29, 1.82) is 0 Å². The first-order valence-electron chi connectivity index (χ1n) is 10.9. The SMILES string of the molecule is Cc1ccc(S(=O)(=O)N2CCCCC2)cc1C(=O)OCC(=O)NC1CCCCC1C. The molecular weight excluding hydrogens is 404 g/mol. The van der Waals surface area contributed by atoms with Crippen molar-refractivity contribution in [3.8, 4) is 0 Å². The molecule has 0 bridgehead atoms. The number of nitrogens with zero attached hydrogens (tertiary/aromatic N) is 1. The maximum absolute atomic E-state index is 12.9. The Morgan fingerprint density at radius 3 is 2.50 bits per heavy atom. The lowest BCUT2D eigenvalue weighted by atomic mass is 9.86. The fourth-order valence-corrected chi connectivity index (χ4v) is 5.77. The van der Waals surface area contributed by atoms with Gasteiger partial charge in [-0.05, 0) is 56.2 Å². The first-order chi connectivity index (χ1) is 14.3. The van der Waals surface area contributed by atoms with Gasteiger partial charge in [0.2, 0.25) is 10.0 Å². The van der Waals surface area contributed by atoms with Crippen molar-refractivity contribution in [2.45, 2.75) is 69.7 Å². The number of amides is 1. The highest BCUT2D eigenvalue weighted by atomic mass is 32.2. The van der Waals surface area contributed by atoms with E-state index < -0.39 is 16.0 Å². The molecule has 2 aliphatic rings. The predicted molar refractivity (Wildman–Crippen MR) is 114 cm³/mol. The van der Waals surface area contributed by atoms with Gasteiger partial charge >= 0.3 is 5.97 Å². The van der Waals surface area contributed by atoms with Crippen LogP contribution in [-0.2, 0) is 19.6 Å². The topological polar surface area (TPSA) is 92.8 Å². The van der Waals surface area contributed by atoms with E-state index in [0.717, 1.165) is 38.5 Å². The third kappa shape index (κ3) is 5.40. The van der Waals surface area contributed by atoms with Crippen molar-refractivity contribution in [2.75, 3.05) is 19.7 Å². The number of carbonyl (C=O) groups excluding carboxylic acids is 2. The van der Waals surface area contributed by atoms with Gasteiger partial charge in [0.1, 0.15) is 0 Å². The number of hydrogen-bond donors (Lipinski definition) is 1. The largest absolute Gasteiger partial charge is 0.452 e. The molecule has 1 amide bonds. The van der Waals surface area contributed by atoms with E-state index in [2.05, 4.69) is 12.2 Å². The summed E-state index contributed by atoms with van der Waals surface area (Å²) in [5.74, 6) is -0.593. The standard InChI is InChI=1S/C22H32N2O5S/c1-16-10-11-18(30(27,28)24-12-6-3-7-13-24)14-19(16)22(26)29-15-21(25)23-20-9-5-4-8-17(20)2/h10-11,14,17,20H,3-9,12-13,15H2,1-2H3,(H,23,25). The average molecular weight is 437 g/mol. The Morgan fingerprint density at radius 1 is 1.10 bits per heavy atom. The molecule has 1 aromatic carbocycles. The molecule has 1 heterocycles. The van der Waals surface area contributed by atoms with Gasteiger partial charge in [-0.25, -0.2) is 13.2 Å². The van der Waals surface area contributed by atoms with E-state index in [4.69, 9.17) is 4.74 Å². The van der Waals surface area contributed by atoms with Crippen LogP contribution >= 0.6 is 0 Å². The van der Waals surface area contributed by atoms with E-state index in [1.165, 1.54) is 22.9 Å². The number of aryl methyl sites for hydroxylation is 1. The van der Waals surface area contributed by atoms with Gasteiger partial charge in [0.05, 0.1) is 10.5 Å². The van der Waals surface area contributed by atoms with Gasteiger partial charge in [-0.2, -0.15) is 4.31 Å². The van der Waals surface area contributed by atoms with Gasteiger partial charge in [0, 0.05) is 19.1 Å². The molecule has 2 fully saturated rings. The van der Waals surface area contributed by atoms with E-state index in [1.807, 2.05) is 0 Å². The maximum Gasteiger partial charge on any atom is 0.338 e. The van der Waals surface area contributed by atoms with Crippen LogP contribution < -0.4 is 5.32 Å². The highest BCUT2D eigenvalue weighted by Gasteiger charge is 2.28. The fraction of sp³-hybridized carbons (Fsp3) is 0.636. The molecule has 2 unspecified atom stereocenters. The molecule has 166 valence electrons. The van der Waals surface area contributed by atoms with Crippen molar-refractivity contribution in [2.24, 2.45) is 5.92 Å².